The van der Waals surface area contributed by atoms with Crippen LogP contribution in [0.15, 0.2) is 60.8 Å². The third kappa shape index (κ3) is 25.9. The molecule has 0 saturated heterocycles. The number of aliphatic carboxylic acids is 1. The predicted octanol–water partition coefficient (Wildman–Crippen LogP) is 5.86. The number of hydrogen-bond donors (Lipinski definition) is 4. The van der Waals surface area contributed by atoms with Crippen LogP contribution < -0.4 is 10.6 Å². The number of amides is 2. The Morgan fingerprint density at radius 3 is 1.81 bits per heavy atom. The van der Waals surface area contributed by atoms with E-state index in [0.717, 1.165) is 70.6 Å². The summed E-state index contributed by atoms with van der Waals surface area (Å²) in [6.45, 7) is 3.15. The number of hydrogen-bond acceptors (Lipinski definition) is 6. The van der Waals surface area contributed by atoms with Crippen molar-refractivity contribution in [2.45, 2.75) is 116 Å². The number of aliphatic hydroxyl groups is 1. The summed E-state index contributed by atoms with van der Waals surface area (Å²) in [6, 6.07) is -1.40. The van der Waals surface area contributed by atoms with E-state index in [4.69, 9.17) is 14.9 Å². The van der Waals surface area contributed by atoms with Crippen LogP contribution in [0.25, 0.3) is 0 Å². The molecule has 0 aromatic rings. The molecule has 9 heteroatoms. The van der Waals surface area contributed by atoms with Gasteiger partial charge in [-0.25, -0.2) is 4.79 Å². The van der Waals surface area contributed by atoms with Crippen molar-refractivity contribution >= 4 is 23.8 Å². The number of ether oxygens (including phenoxy) is 1. The molecule has 0 spiro atoms. The first kappa shape index (κ1) is 39.5. The van der Waals surface area contributed by atoms with Crippen molar-refractivity contribution in [2.75, 3.05) is 13.2 Å². The number of carbonyl (C=O) groups excluding carboxylic acids is 3. The van der Waals surface area contributed by atoms with Gasteiger partial charge in [-0.05, 0) is 57.8 Å². The van der Waals surface area contributed by atoms with Crippen molar-refractivity contribution in [1.82, 2.24) is 10.6 Å². The highest BCUT2D eigenvalue weighted by Gasteiger charge is 2.18. The SMILES string of the molecule is CC/C=C\C/C=C\C/C=C\C/C=C\C/C=C\CC(=O)OC(CCCC)CCCCCC(=O)NCC(=O)NC(CO)C(=O)O. The maximum Gasteiger partial charge on any atom is 0.328 e. The van der Waals surface area contributed by atoms with Gasteiger partial charge in [0, 0.05) is 6.42 Å². The van der Waals surface area contributed by atoms with Gasteiger partial charge in [-0.3, -0.25) is 14.4 Å². The fraction of sp³-hybridized carbons (Fsp3) is 0.588. The van der Waals surface area contributed by atoms with Gasteiger partial charge in [-0.15, -0.1) is 0 Å². The fourth-order valence-corrected chi connectivity index (χ4v) is 3.89. The second-order valence-corrected chi connectivity index (χ2v) is 10.2. The van der Waals surface area contributed by atoms with Crippen LogP contribution in [0.5, 0.6) is 0 Å². The molecule has 4 N–H and O–H groups in total. The van der Waals surface area contributed by atoms with Crippen molar-refractivity contribution in [3.63, 3.8) is 0 Å². The molecule has 0 heterocycles. The van der Waals surface area contributed by atoms with Crippen LogP contribution in [0.3, 0.4) is 0 Å². The van der Waals surface area contributed by atoms with Gasteiger partial charge in [0.15, 0.2) is 0 Å². The van der Waals surface area contributed by atoms with Crippen LogP contribution in [0, 0.1) is 0 Å². The van der Waals surface area contributed by atoms with Gasteiger partial charge in [0.2, 0.25) is 11.8 Å². The molecule has 0 bridgehead atoms. The quantitative estimate of drug-likeness (QED) is 0.0552. The van der Waals surface area contributed by atoms with Crippen molar-refractivity contribution < 1.29 is 34.1 Å². The molecule has 2 amide bonds. The average molecular weight is 603 g/mol. The summed E-state index contributed by atoms with van der Waals surface area (Å²) < 4.78 is 5.71. The lowest BCUT2D eigenvalue weighted by Gasteiger charge is -2.17. The van der Waals surface area contributed by atoms with Crippen LogP contribution in [-0.2, 0) is 23.9 Å². The third-order valence-electron chi connectivity index (χ3n) is 6.31. The minimum Gasteiger partial charge on any atom is -0.480 e. The minimum absolute atomic E-state index is 0.138. The van der Waals surface area contributed by atoms with E-state index in [-0.39, 0.29) is 37.4 Å². The highest BCUT2D eigenvalue weighted by atomic mass is 16.5. The number of nitrogens with one attached hydrogen (secondary N) is 2. The van der Waals surface area contributed by atoms with Crippen LogP contribution in [0.1, 0.15) is 104 Å². The highest BCUT2D eigenvalue weighted by molar-refractivity contribution is 5.87. The number of aliphatic hydroxyl groups excluding tert-OH is 1. The van der Waals surface area contributed by atoms with Crippen molar-refractivity contribution in [3.05, 3.63) is 60.8 Å². The number of esters is 1. The molecule has 43 heavy (non-hydrogen) atoms. The van der Waals surface area contributed by atoms with Gasteiger partial charge in [0.1, 0.15) is 12.1 Å². The van der Waals surface area contributed by atoms with Gasteiger partial charge >= 0.3 is 11.9 Å². The number of allylic oxidation sites excluding steroid dienone is 9. The van der Waals surface area contributed by atoms with Gasteiger partial charge in [0.25, 0.3) is 0 Å². The topological polar surface area (TPSA) is 142 Å². The summed E-state index contributed by atoms with van der Waals surface area (Å²) in [6.07, 6.45) is 31.8. The van der Waals surface area contributed by atoms with E-state index >= 15 is 0 Å². The fourth-order valence-electron chi connectivity index (χ4n) is 3.89. The number of carboxylic acid groups (broad SMARTS) is 1. The second-order valence-electron chi connectivity index (χ2n) is 10.2. The zero-order valence-electron chi connectivity index (χ0n) is 26.2. The number of unbranched alkanes of at least 4 members (excludes halogenated alkanes) is 3. The van der Waals surface area contributed by atoms with E-state index in [9.17, 15) is 19.2 Å². The lowest BCUT2D eigenvalue weighted by molar-refractivity contribution is -0.148. The first-order valence-corrected chi connectivity index (χ1v) is 15.7. The number of carbonyl (C=O) groups is 4. The molecule has 0 aromatic carbocycles. The lowest BCUT2D eigenvalue weighted by Crippen LogP contribution is -2.47. The van der Waals surface area contributed by atoms with Crippen molar-refractivity contribution in [1.29, 1.82) is 0 Å². The van der Waals surface area contributed by atoms with Crippen LogP contribution in [0.2, 0.25) is 0 Å². The zero-order valence-corrected chi connectivity index (χ0v) is 26.2. The molecule has 9 nitrogen and oxygen atoms in total. The van der Waals surface area contributed by atoms with E-state index in [2.05, 4.69) is 73.1 Å². The van der Waals surface area contributed by atoms with E-state index in [1.807, 2.05) is 12.2 Å². The lowest BCUT2D eigenvalue weighted by atomic mass is 10.0. The monoisotopic (exact) mass is 602 g/mol. The van der Waals surface area contributed by atoms with Crippen LogP contribution >= 0.6 is 0 Å². The molecule has 0 aliphatic carbocycles. The molecule has 0 saturated carbocycles. The Morgan fingerprint density at radius 2 is 1.28 bits per heavy atom. The molecule has 0 rings (SSSR count). The molecular formula is C34H54N2O7. The Hall–Kier alpha value is -3.46. The Kier molecular flexibility index (Phi) is 26.3. The highest BCUT2D eigenvalue weighted by Crippen LogP contribution is 2.15. The second kappa shape index (κ2) is 28.6. The van der Waals surface area contributed by atoms with Crippen molar-refractivity contribution in [3.8, 4) is 0 Å². The summed E-state index contributed by atoms with van der Waals surface area (Å²) in [7, 11) is 0. The van der Waals surface area contributed by atoms with Crippen LogP contribution in [-0.4, -0.2) is 59.3 Å². The molecule has 242 valence electrons. The van der Waals surface area contributed by atoms with E-state index in [1.165, 1.54) is 0 Å². The first-order valence-electron chi connectivity index (χ1n) is 15.7. The molecule has 0 radical (unpaired) electrons. The normalized spacial score (nSPS) is 13.4. The van der Waals surface area contributed by atoms with E-state index in [0.29, 0.717) is 6.42 Å². The largest absolute Gasteiger partial charge is 0.480 e. The Morgan fingerprint density at radius 1 is 0.721 bits per heavy atom. The summed E-state index contributed by atoms with van der Waals surface area (Å²) >= 11 is 0. The first-order chi connectivity index (χ1) is 20.8. The van der Waals surface area contributed by atoms with Gasteiger partial charge in [-0.1, -0.05) is 93.9 Å². The third-order valence-corrected chi connectivity index (χ3v) is 6.31. The van der Waals surface area contributed by atoms with Crippen molar-refractivity contribution in [2.24, 2.45) is 0 Å². The van der Waals surface area contributed by atoms with E-state index in [1.54, 1.807) is 0 Å². The molecule has 0 aliphatic rings. The van der Waals surface area contributed by atoms with Crippen LogP contribution in [0.4, 0.5) is 0 Å². The predicted molar refractivity (Wildman–Crippen MR) is 171 cm³/mol. The maximum absolute atomic E-state index is 12.3. The molecule has 2 unspecified atom stereocenters. The molecule has 2 atom stereocenters. The van der Waals surface area contributed by atoms with E-state index < -0.39 is 24.5 Å². The van der Waals surface area contributed by atoms with Gasteiger partial charge in [0.05, 0.1) is 19.6 Å². The Labute approximate surface area is 258 Å². The summed E-state index contributed by atoms with van der Waals surface area (Å²) in [5, 5.41) is 22.3. The van der Waals surface area contributed by atoms with Gasteiger partial charge in [-0.2, -0.15) is 0 Å². The summed E-state index contributed by atoms with van der Waals surface area (Å²) in [5.41, 5.74) is 0. The number of carboxylic acids is 1. The average Bonchev–Trinajstić information content (AvgIpc) is 2.98. The molecule has 0 aromatic heterocycles. The zero-order chi connectivity index (χ0) is 32.0. The maximum atomic E-state index is 12.3. The van der Waals surface area contributed by atoms with Gasteiger partial charge < -0.3 is 25.6 Å². The smallest absolute Gasteiger partial charge is 0.328 e. The summed E-state index contributed by atoms with van der Waals surface area (Å²) in [4.78, 5) is 46.8. The summed E-state index contributed by atoms with van der Waals surface area (Å²) in [5.74, 6) is -2.57. The molecule has 0 aliphatic heterocycles. The Balaban J connectivity index is 4.13. The molecule has 0 fully saturated rings. The molecular weight excluding hydrogens is 548 g/mol. The Bertz CT molecular complexity index is 922. The standard InChI is InChI=1S/C34H54N2O7/c1-3-5-7-8-9-10-11-12-13-14-15-16-17-18-22-26-33(40)43-29(23-6-4-2)24-20-19-21-25-31(38)35-27-32(39)36-30(28-37)34(41)42/h5,7,9-10,12-13,15-16,18,22,29-30,37H,3-4,6,8,11,14,17,19-21,23-28H2,1-2H3,(H,35,38)(H,36,39)(H,41,42)/b7-5-,10-9-,13-12-,16-15-,22-18-. The number of rotatable bonds is 26. The minimum atomic E-state index is -1.40.